The third-order valence-corrected chi connectivity index (χ3v) is 3.67. The summed E-state index contributed by atoms with van der Waals surface area (Å²) in [5, 5.41) is 10.00. The van der Waals surface area contributed by atoms with Crippen molar-refractivity contribution in [2.24, 2.45) is 0 Å². The molecule has 3 nitrogen and oxygen atoms in total. The molecular weight excluding hydrogens is 212 g/mol. The Morgan fingerprint density at radius 3 is 2.53 bits per heavy atom. The normalized spacial score (nSPS) is 25.1. The molecule has 3 N–H and O–H groups in total. The van der Waals surface area contributed by atoms with Gasteiger partial charge in [-0.05, 0) is 37.6 Å². The van der Waals surface area contributed by atoms with E-state index >= 15 is 0 Å². The van der Waals surface area contributed by atoms with Crippen LogP contribution in [0.4, 0.5) is 5.69 Å². The Morgan fingerprint density at radius 2 is 1.88 bits per heavy atom. The Morgan fingerprint density at radius 1 is 1.24 bits per heavy atom. The molecule has 3 heteroatoms. The fourth-order valence-corrected chi connectivity index (χ4v) is 2.63. The molecule has 0 bridgehead atoms. The van der Waals surface area contributed by atoms with Gasteiger partial charge in [-0.15, -0.1) is 0 Å². The van der Waals surface area contributed by atoms with Crippen molar-refractivity contribution in [1.82, 2.24) is 4.90 Å². The number of benzene rings is 1. The predicted octanol–water partition coefficient (Wildman–Crippen LogP) is 2.00. The second-order valence-electron chi connectivity index (χ2n) is 5.08. The average Bonchev–Trinajstić information content (AvgIpc) is 2.32. The van der Waals surface area contributed by atoms with Crippen molar-refractivity contribution in [3.05, 3.63) is 29.8 Å². The van der Waals surface area contributed by atoms with E-state index in [2.05, 4.69) is 24.1 Å². The van der Waals surface area contributed by atoms with Crippen LogP contribution >= 0.6 is 0 Å². The van der Waals surface area contributed by atoms with Gasteiger partial charge in [0.05, 0.1) is 6.10 Å². The van der Waals surface area contributed by atoms with Gasteiger partial charge in [-0.1, -0.05) is 25.0 Å². The smallest absolute Gasteiger partial charge is 0.0695 e. The van der Waals surface area contributed by atoms with Gasteiger partial charge in [0.15, 0.2) is 0 Å². The number of aliphatic hydroxyl groups excluding tert-OH is 1. The number of likely N-dealkylation sites (N-methyl/N-ethyl adjacent to an activating group) is 1. The Kier molecular flexibility index (Phi) is 4.02. The molecule has 94 valence electrons. The van der Waals surface area contributed by atoms with Crippen molar-refractivity contribution in [2.45, 2.75) is 44.4 Å². The second kappa shape index (κ2) is 5.52. The van der Waals surface area contributed by atoms with Gasteiger partial charge in [0.1, 0.15) is 0 Å². The Balaban J connectivity index is 1.95. The summed E-state index contributed by atoms with van der Waals surface area (Å²) < 4.78 is 0. The predicted molar refractivity (Wildman–Crippen MR) is 70.6 cm³/mol. The minimum Gasteiger partial charge on any atom is -0.399 e. The Bertz CT molecular complexity index is 350. The van der Waals surface area contributed by atoms with Crippen LogP contribution < -0.4 is 5.73 Å². The molecule has 0 aliphatic heterocycles. The van der Waals surface area contributed by atoms with E-state index in [4.69, 9.17) is 5.73 Å². The first kappa shape index (κ1) is 12.4. The molecule has 0 saturated heterocycles. The molecule has 1 aliphatic carbocycles. The highest BCUT2D eigenvalue weighted by molar-refractivity contribution is 5.39. The number of hydrogen-bond acceptors (Lipinski definition) is 3. The van der Waals surface area contributed by atoms with Gasteiger partial charge in [0.25, 0.3) is 0 Å². The van der Waals surface area contributed by atoms with Gasteiger partial charge in [-0.25, -0.2) is 0 Å². The summed E-state index contributed by atoms with van der Waals surface area (Å²) in [6, 6.07) is 8.28. The van der Waals surface area contributed by atoms with Crippen molar-refractivity contribution in [3.63, 3.8) is 0 Å². The van der Waals surface area contributed by atoms with Gasteiger partial charge < -0.3 is 10.8 Å². The highest BCUT2D eigenvalue weighted by Crippen LogP contribution is 2.23. The minimum atomic E-state index is -0.164. The lowest BCUT2D eigenvalue weighted by Gasteiger charge is -2.35. The first-order chi connectivity index (χ1) is 8.16. The molecule has 1 aromatic carbocycles. The van der Waals surface area contributed by atoms with Gasteiger partial charge in [-0.2, -0.15) is 0 Å². The average molecular weight is 234 g/mol. The maximum Gasteiger partial charge on any atom is 0.0695 e. The van der Waals surface area contributed by atoms with Gasteiger partial charge in [0, 0.05) is 18.3 Å². The number of nitrogen functional groups attached to an aromatic ring is 1. The molecule has 1 saturated carbocycles. The second-order valence-corrected chi connectivity index (χ2v) is 5.08. The third-order valence-electron chi connectivity index (χ3n) is 3.67. The summed E-state index contributed by atoms with van der Waals surface area (Å²) >= 11 is 0. The van der Waals surface area contributed by atoms with Crippen molar-refractivity contribution in [2.75, 3.05) is 12.8 Å². The summed E-state index contributed by atoms with van der Waals surface area (Å²) in [6.07, 6.45) is 4.27. The number of nitrogens with two attached hydrogens (primary N) is 1. The minimum absolute atomic E-state index is 0.164. The zero-order valence-corrected chi connectivity index (χ0v) is 10.5. The SMILES string of the molecule is CN(Cc1ccc(N)cc1)C1CCCCC1O. The third kappa shape index (κ3) is 3.20. The lowest BCUT2D eigenvalue weighted by molar-refractivity contribution is 0.0288. The van der Waals surface area contributed by atoms with Crippen LogP contribution in [0.3, 0.4) is 0 Å². The molecular formula is C14H22N2O. The van der Waals surface area contributed by atoms with Crippen molar-refractivity contribution >= 4 is 5.69 Å². The first-order valence-corrected chi connectivity index (χ1v) is 6.39. The molecule has 1 fully saturated rings. The standard InChI is InChI=1S/C14H22N2O/c1-16(13-4-2-3-5-14(13)17)10-11-6-8-12(15)9-7-11/h6-9,13-14,17H,2-5,10,15H2,1H3. The van der Waals surface area contributed by atoms with Crippen molar-refractivity contribution in [1.29, 1.82) is 0 Å². The quantitative estimate of drug-likeness (QED) is 0.787. The van der Waals surface area contributed by atoms with Crippen molar-refractivity contribution in [3.8, 4) is 0 Å². The van der Waals surface area contributed by atoms with Crippen LogP contribution in [0.2, 0.25) is 0 Å². The van der Waals surface area contributed by atoms with Crippen LogP contribution in [0, 0.1) is 0 Å². The maximum atomic E-state index is 10.00. The molecule has 0 aromatic heterocycles. The van der Waals surface area contributed by atoms with Crippen LogP contribution in [-0.2, 0) is 6.54 Å². The highest BCUT2D eigenvalue weighted by atomic mass is 16.3. The monoisotopic (exact) mass is 234 g/mol. The number of aliphatic hydroxyl groups is 1. The van der Waals surface area contributed by atoms with E-state index in [9.17, 15) is 5.11 Å². The number of nitrogens with zero attached hydrogens (tertiary/aromatic N) is 1. The molecule has 2 atom stereocenters. The van der Waals surface area contributed by atoms with E-state index in [-0.39, 0.29) is 6.10 Å². The zero-order valence-electron chi connectivity index (χ0n) is 10.5. The molecule has 2 unspecified atom stereocenters. The lowest BCUT2D eigenvalue weighted by Crippen LogP contribution is -2.42. The lowest BCUT2D eigenvalue weighted by atomic mass is 9.91. The molecule has 2 rings (SSSR count). The van der Waals surface area contributed by atoms with Crippen LogP contribution in [0.1, 0.15) is 31.2 Å². The molecule has 1 aliphatic rings. The van der Waals surface area contributed by atoms with E-state index in [1.165, 1.54) is 12.0 Å². The van der Waals surface area contributed by atoms with E-state index in [0.717, 1.165) is 31.5 Å². The number of anilines is 1. The van der Waals surface area contributed by atoms with Crippen LogP contribution in [0.5, 0.6) is 0 Å². The topological polar surface area (TPSA) is 49.5 Å². The van der Waals surface area contributed by atoms with E-state index in [0.29, 0.717) is 6.04 Å². The fourth-order valence-electron chi connectivity index (χ4n) is 2.63. The number of rotatable bonds is 3. The summed E-state index contributed by atoms with van der Waals surface area (Å²) in [4.78, 5) is 2.26. The van der Waals surface area contributed by atoms with Crippen LogP contribution in [0.15, 0.2) is 24.3 Å². The summed E-state index contributed by atoms with van der Waals surface area (Å²) in [5.41, 5.74) is 7.72. The molecule has 0 radical (unpaired) electrons. The highest BCUT2D eigenvalue weighted by Gasteiger charge is 2.26. The fraction of sp³-hybridized carbons (Fsp3) is 0.571. The van der Waals surface area contributed by atoms with Crippen molar-refractivity contribution < 1.29 is 5.11 Å². The van der Waals surface area contributed by atoms with Gasteiger partial charge in [-0.3, -0.25) is 4.90 Å². The Labute approximate surface area is 103 Å². The first-order valence-electron chi connectivity index (χ1n) is 6.39. The molecule has 17 heavy (non-hydrogen) atoms. The summed E-state index contributed by atoms with van der Waals surface area (Å²) in [6.45, 7) is 0.877. The molecule has 0 spiro atoms. The van der Waals surface area contributed by atoms with Crippen LogP contribution in [0.25, 0.3) is 0 Å². The van der Waals surface area contributed by atoms with E-state index in [1.807, 2.05) is 12.1 Å². The van der Waals surface area contributed by atoms with Gasteiger partial charge in [0.2, 0.25) is 0 Å². The van der Waals surface area contributed by atoms with Gasteiger partial charge >= 0.3 is 0 Å². The molecule has 0 heterocycles. The summed E-state index contributed by atoms with van der Waals surface area (Å²) in [7, 11) is 2.09. The largest absolute Gasteiger partial charge is 0.399 e. The maximum absolute atomic E-state index is 10.00. The molecule has 1 aromatic rings. The zero-order chi connectivity index (χ0) is 12.3. The van der Waals surface area contributed by atoms with Crippen LogP contribution in [-0.4, -0.2) is 29.2 Å². The number of hydrogen-bond donors (Lipinski definition) is 2. The Hall–Kier alpha value is -1.06. The summed E-state index contributed by atoms with van der Waals surface area (Å²) in [5.74, 6) is 0. The molecule has 0 amide bonds. The van der Waals surface area contributed by atoms with E-state index in [1.54, 1.807) is 0 Å². The van der Waals surface area contributed by atoms with E-state index < -0.39 is 0 Å².